The number of hydrogen-bond acceptors (Lipinski definition) is 6. The molecule has 0 unspecified atom stereocenters. The van der Waals surface area contributed by atoms with Crippen LogP contribution < -0.4 is 5.63 Å². The van der Waals surface area contributed by atoms with Gasteiger partial charge in [-0.25, -0.2) is 14.5 Å². The van der Waals surface area contributed by atoms with E-state index < -0.39 is 5.63 Å². The minimum Gasteiger partial charge on any atom is -0.401 e. The zero-order chi connectivity index (χ0) is 16.8. The Morgan fingerprint density at radius 1 is 1.33 bits per heavy atom. The molecule has 0 spiro atoms. The number of nitrogens with zero attached hydrogens (tertiary/aromatic N) is 6. The SMILES string of the molecule is Cc1cccnc1-n1nc(Br)cc1-c1nc2c(cnn2C)c(=O)o1. The summed E-state index contributed by atoms with van der Waals surface area (Å²) in [6, 6.07) is 5.49. The first kappa shape index (κ1) is 14.8. The second-order valence-electron chi connectivity index (χ2n) is 5.22. The van der Waals surface area contributed by atoms with Gasteiger partial charge in [-0.1, -0.05) is 6.07 Å². The lowest BCUT2D eigenvalue weighted by molar-refractivity contribution is 0.512. The molecular formula is C15H11BrN6O2. The number of aromatic nitrogens is 6. The minimum atomic E-state index is -0.496. The minimum absolute atomic E-state index is 0.152. The monoisotopic (exact) mass is 386 g/mol. The Kier molecular flexibility index (Phi) is 3.31. The highest BCUT2D eigenvalue weighted by atomic mass is 79.9. The van der Waals surface area contributed by atoms with Crippen LogP contribution in [-0.4, -0.2) is 29.5 Å². The largest absolute Gasteiger partial charge is 0.401 e. The van der Waals surface area contributed by atoms with Crippen LogP contribution in [0.5, 0.6) is 0 Å². The molecular weight excluding hydrogens is 376 g/mol. The van der Waals surface area contributed by atoms with E-state index in [1.807, 2.05) is 19.1 Å². The molecule has 0 saturated carbocycles. The van der Waals surface area contributed by atoms with Crippen molar-refractivity contribution in [3.63, 3.8) is 0 Å². The van der Waals surface area contributed by atoms with E-state index in [1.54, 1.807) is 24.0 Å². The van der Waals surface area contributed by atoms with Gasteiger partial charge in [0.2, 0.25) is 0 Å². The molecule has 4 aromatic rings. The van der Waals surface area contributed by atoms with Crippen LogP contribution in [0.3, 0.4) is 0 Å². The maximum Gasteiger partial charge on any atom is 0.350 e. The van der Waals surface area contributed by atoms with Gasteiger partial charge in [-0.2, -0.15) is 15.2 Å². The molecule has 0 aliphatic heterocycles. The Hall–Kier alpha value is -2.81. The molecule has 0 amide bonds. The Balaban J connectivity index is 2.00. The van der Waals surface area contributed by atoms with E-state index in [2.05, 4.69) is 36.1 Å². The first-order valence-electron chi connectivity index (χ1n) is 7.05. The fourth-order valence-electron chi connectivity index (χ4n) is 2.44. The summed E-state index contributed by atoms with van der Waals surface area (Å²) in [5.41, 5.74) is 1.40. The molecule has 0 aromatic carbocycles. The van der Waals surface area contributed by atoms with E-state index in [1.165, 1.54) is 10.9 Å². The Morgan fingerprint density at radius 3 is 2.96 bits per heavy atom. The number of aryl methyl sites for hydroxylation is 2. The van der Waals surface area contributed by atoms with Crippen molar-refractivity contribution in [2.75, 3.05) is 0 Å². The van der Waals surface area contributed by atoms with Crippen molar-refractivity contribution >= 4 is 27.0 Å². The van der Waals surface area contributed by atoms with Gasteiger partial charge in [0, 0.05) is 19.3 Å². The number of hydrogen-bond donors (Lipinski definition) is 0. The highest BCUT2D eigenvalue weighted by Crippen LogP contribution is 2.25. The third kappa shape index (κ3) is 2.24. The first-order chi connectivity index (χ1) is 11.5. The molecule has 0 radical (unpaired) electrons. The smallest absolute Gasteiger partial charge is 0.350 e. The third-order valence-electron chi connectivity index (χ3n) is 3.61. The van der Waals surface area contributed by atoms with Gasteiger partial charge in [-0.3, -0.25) is 4.68 Å². The number of fused-ring (bicyclic) bond motifs is 1. The maximum atomic E-state index is 12.2. The van der Waals surface area contributed by atoms with Gasteiger partial charge in [0.1, 0.15) is 15.7 Å². The Labute approximate surface area is 143 Å². The fourth-order valence-corrected chi connectivity index (χ4v) is 2.82. The van der Waals surface area contributed by atoms with E-state index in [4.69, 9.17) is 4.42 Å². The summed E-state index contributed by atoms with van der Waals surface area (Å²) in [6.07, 6.45) is 3.11. The van der Waals surface area contributed by atoms with Gasteiger partial charge in [0.15, 0.2) is 11.5 Å². The van der Waals surface area contributed by atoms with Gasteiger partial charge in [0.25, 0.3) is 5.89 Å². The molecule has 0 atom stereocenters. The summed E-state index contributed by atoms with van der Waals surface area (Å²) < 4.78 is 9.07. The van der Waals surface area contributed by atoms with E-state index >= 15 is 0 Å². The molecule has 9 heteroatoms. The molecule has 4 rings (SSSR count). The molecule has 120 valence electrons. The molecule has 4 heterocycles. The van der Waals surface area contributed by atoms with Crippen LogP contribution in [0, 0.1) is 6.92 Å². The molecule has 8 nitrogen and oxygen atoms in total. The predicted octanol–water partition coefficient (Wildman–Crippen LogP) is 2.24. The maximum absolute atomic E-state index is 12.2. The molecule has 0 aliphatic carbocycles. The van der Waals surface area contributed by atoms with Crippen LogP contribution in [0.1, 0.15) is 5.56 Å². The van der Waals surface area contributed by atoms with E-state index in [0.29, 0.717) is 27.1 Å². The van der Waals surface area contributed by atoms with Crippen LogP contribution in [0.4, 0.5) is 0 Å². The highest BCUT2D eigenvalue weighted by molar-refractivity contribution is 9.10. The first-order valence-corrected chi connectivity index (χ1v) is 7.84. The van der Waals surface area contributed by atoms with Gasteiger partial charge in [0.05, 0.1) is 6.20 Å². The summed E-state index contributed by atoms with van der Waals surface area (Å²) in [5, 5.41) is 8.76. The normalized spacial score (nSPS) is 11.3. The lowest BCUT2D eigenvalue weighted by atomic mass is 10.3. The summed E-state index contributed by atoms with van der Waals surface area (Å²) in [6.45, 7) is 1.93. The van der Waals surface area contributed by atoms with Crippen molar-refractivity contribution in [3.8, 4) is 17.4 Å². The van der Waals surface area contributed by atoms with Crippen molar-refractivity contribution in [1.82, 2.24) is 29.5 Å². The average Bonchev–Trinajstić information content (AvgIpc) is 3.12. The van der Waals surface area contributed by atoms with Gasteiger partial charge in [-0.15, -0.1) is 0 Å². The Morgan fingerprint density at radius 2 is 2.17 bits per heavy atom. The van der Waals surface area contributed by atoms with Gasteiger partial charge < -0.3 is 4.42 Å². The molecule has 0 aliphatic rings. The molecule has 0 N–H and O–H groups in total. The van der Waals surface area contributed by atoms with Crippen molar-refractivity contribution in [2.45, 2.75) is 6.92 Å². The molecule has 24 heavy (non-hydrogen) atoms. The zero-order valence-electron chi connectivity index (χ0n) is 12.8. The lowest BCUT2D eigenvalue weighted by Crippen LogP contribution is -2.08. The molecule has 0 fully saturated rings. The second kappa shape index (κ2) is 5.38. The van der Waals surface area contributed by atoms with Crippen molar-refractivity contribution in [3.05, 3.63) is 51.2 Å². The molecule has 0 bridgehead atoms. The van der Waals surface area contributed by atoms with E-state index in [-0.39, 0.29) is 5.89 Å². The fraction of sp³-hybridized carbons (Fsp3) is 0.133. The summed E-state index contributed by atoms with van der Waals surface area (Å²) >= 11 is 3.35. The quantitative estimate of drug-likeness (QED) is 0.524. The lowest BCUT2D eigenvalue weighted by Gasteiger charge is -2.07. The van der Waals surface area contributed by atoms with Gasteiger partial charge >= 0.3 is 5.63 Å². The van der Waals surface area contributed by atoms with E-state index in [9.17, 15) is 4.79 Å². The Bertz CT molecular complexity index is 1130. The van der Waals surface area contributed by atoms with Crippen LogP contribution in [0.2, 0.25) is 0 Å². The van der Waals surface area contributed by atoms with Gasteiger partial charge in [-0.05, 0) is 34.5 Å². The van der Waals surface area contributed by atoms with Crippen molar-refractivity contribution in [1.29, 1.82) is 0 Å². The van der Waals surface area contributed by atoms with Crippen molar-refractivity contribution < 1.29 is 4.42 Å². The second-order valence-corrected chi connectivity index (χ2v) is 6.03. The zero-order valence-corrected chi connectivity index (χ0v) is 14.4. The molecule has 4 aromatic heterocycles. The predicted molar refractivity (Wildman–Crippen MR) is 89.8 cm³/mol. The summed E-state index contributed by atoms with van der Waals surface area (Å²) in [5.74, 6) is 0.784. The number of pyridine rings is 1. The van der Waals surface area contributed by atoms with Crippen LogP contribution >= 0.6 is 15.9 Å². The van der Waals surface area contributed by atoms with E-state index in [0.717, 1.165) is 5.56 Å². The summed E-state index contributed by atoms with van der Waals surface area (Å²) in [4.78, 5) is 21.0. The standard InChI is InChI=1S/C15H11BrN6O2/c1-8-4-3-5-17-12(8)22-10(6-11(16)20-22)14-19-13-9(15(23)24-14)7-18-21(13)2/h3-7H,1-2H3. The van der Waals surface area contributed by atoms with Crippen molar-refractivity contribution in [2.24, 2.45) is 7.05 Å². The molecule has 0 saturated heterocycles. The number of halogens is 1. The van der Waals surface area contributed by atoms with Crippen LogP contribution in [0.15, 0.2) is 44.4 Å². The summed E-state index contributed by atoms with van der Waals surface area (Å²) in [7, 11) is 1.72. The average molecular weight is 387 g/mol. The number of rotatable bonds is 2. The topological polar surface area (TPSA) is 91.6 Å². The van der Waals surface area contributed by atoms with Crippen LogP contribution in [0.25, 0.3) is 28.4 Å². The highest BCUT2D eigenvalue weighted by Gasteiger charge is 2.19. The van der Waals surface area contributed by atoms with Crippen LogP contribution in [-0.2, 0) is 7.05 Å². The third-order valence-corrected chi connectivity index (χ3v) is 3.99.